The molecule has 1 saturated carbocycles. The van der Waals surface area contributed by atoms with Gasteiger partial charge in [0.05, 0.1) is 6.42 Å². The van der Waals surface area contributed by atoms with Crippen LogP contribution in [0.5, 0.6) is 0 Å². The Hall–Kier alpha value is -0.500. The SMILES string of the molecule is OC1(O)CC(F)(F)C(F)(F)C1(F)F. The Morgan fingerprint density at radius 2 is 1.15 bits per heavy atom. The molecule has 0 aromatic heterocycles. The standard InChI is InChI=1S/C5H4F6O2/c6-2(7)1-3(12,13)5(10,11)4(2,8)9/h12-13H,1H2. The minimum atomic E-state index is -5.75. The summed E-state index contributed by atoms with van der Waals surface area (Å²) in [5.74, 6) is -20.8. The van der Waals surface area contributed by atoms with Gasteiger partial charge in [-0.2, -0.15) is 26.3 Å². The van der Waals surface area contributed by atoms with Crippen LogP contribution in [0.25, 0.3) is 0 Å². The van der Waals surface area contributed by atoms with Crippen molar-refractivity contribution in [3.05, 3.63) is 0 Å². The molecular formula is C5H4F6O2. The van der Waals surface area contributed by atoms with E-state index in [4.69, 9.17) is 10.2 Å². The van der Waals surface area contributed by atoms with Gasteiger partial charge >= 0.3 is 17.8 Å². The summed E-state index contributed by atoms with van der Waals surface area (Å²) < 4.78 is 73.2. The predicted octanol–water partition coefficient (Wildman–Crippen LogP) is 0.977. The average Bonchev–Trinajstić information content (AvgIpc) is 1.88. The van der Waals surface area contributed by atoms with Gasteiger partial charge in [-0.3, -0.25) is 0 Å². The fraction of sp³-hybridized carbons (Fsp3) is 1.00. The van der Waals surface area contributed by atoms with E-state index in [0.29, 0.717) is 0 Å². The molecule has 0 saturated heterocycles. The molecule has 2 N–H and O–H groups in total. The Kier molecular flexibility index (Phi) is 1.72. The number of hydrogen-bond donors (Lipinski definition) is 2. The molecular weight excluding hydrogens is 206 g/mol. The van der Waals surface area contributed by atoms with E-state index in [1.54, 1.807) is 0 Å². The molecule has 0 spiro atoms. The Bertz CT molecular complexity index is 211. The van der Waals surface area contributed by atoms with Gasteiger partial charge in [0.2, 0.25) is 5.79 Å². The number of halogens is 6. The second kappa shape index (κ2) is 2.11. The maximum Gasteiger partial charge on any atom is 0.377 e. The summed E-state index contributed by atoms with van der Waals surface area (Å²) in [5, 5.41) is 16.5. The summed E-state index contributed by atoms with van der Waals surface area (Å²) >= 11 is 0. The quantitative estimate of drug-likeness (QED) is 0.462. The molecule has 1 rings (SSSR count). The minimum Gasteiger partial charge on any atom is -0.361 e. The lowest BCUT2D eigenvalue weighted by Crippen LogP contribution is -2.54. The first kappa shape index (κ1) is 10.6. The molecule has 0 atom stereocenters. The summed E-state index contributed by atoms with van der Waals surface area (Å²) in [5.41, 5.74) is 0. The van der Waals surface area contributed by atoms with Crippen LogP contribution in [0.15, 0.2) is 0 Å². The van der Waals surface area contributed by atoms with Crippen LogP contribution >= 0.6 is 0 Å². The lowest BCUT2D eigenvalue weighted by Gasteiger charge is -2.26. The lowest BCUT2D eigenvalue weighted by molar-refractivity contribution is -0.338. The maximum absolute atomic E-state index is 12.3. The van der Waals surface area contributed by atoms with Crippen molar-refractivity contribution >= 4 is 0 Å². The summed E-state index contributed by atoms with van der Waals surface area (Å²) in [6.45, 7) is 0. The molecule has 0 aromatic carbocycles. The van der Waals surface area contributed by atoms with Crippen LogP contribution in [-0.4, -0.2) is 33.8 Å². The second-order valence-electron chi connectivity index (χ2n) is 2.85. The monoisotopic (exact) mass is 210 g/mol. The van der Waals surface area contributed by atoms with Crippen LogP contribution < -0.4 is 0 Å². The van der Waals surface area contributed by atoms with Gasteiger partial charge in [-0.25, -0.2) is 0 Å². The lowest BCUT2D eigenvalue weighted by atomic mass is 10.1. The Morgan fingerprint density at radius 1 is 0.769 bits per heavy atom. The van der Waals surface area contributed by atoms with Gasteiger partial charge in [0.1, 0.15) is 0 Å². The van der Waals surface area contributed by atoms with Crippen LogP contribution in [0.3, 0.4) is 0 Å². The predicted molar refractivity (Wildman–Crippen MR) is 26.6 cm³/mol. The van der Waals surface area contributed by atoms with E-state index >= 15 is 0 Å². The van der Waals surface area contributed by atoms with Crippen molar-refractivity contribution in [3.8, 4) is 0 Å². The average molecular weight is 210 g/mol. The van der Waals surface area contributed by atoms with Crippen LogP contribution in [-0.2, 0) is 0 Å². The maximum atomic E-state index is 12.3. The zero-order chi connectivity index (χ0) is 10.7. The Morgan fingerprint density at radius 3 is 1.23 bits per heavy atom. The van der Waals surface area contributed by atoms with Crippen LogP contribution in [0.4, 0.5) is 26.3 Å². The first-order valence-corrected chi connectivity index (χ1v) is 3.04. The van der Waals surface area contributed by atoms with Gasteiger partial charge in [0.25, 0.3) is 0 Å². The van der Waals surface area contributed by atoms with Gasteiger partial charge in [0, 0.05) is 0 Å². The zero-order valence-electron chi connectivity index (χ0n) is 5.87. The fourth-order valence-electron chi connectivity index (χ4n) is 1.01. The van der Waals surface area contributed by atoms with Crippen molar-refractivity contribution in [2.24, 2.45) is 0 Å². The van der Waals surface area contributed by atoms with E-state index < -0.39 is 30.0 Å². The second-order valence-corrected chi connectivity index (χ2v) is 2.85. The zero-order valence-corrected chi connectivity index (χ0v) is 5.87. The molecule has 0 bridgehead atoms. The van der Waals surface area contributed by atoms with Crippen molar-refractivity contribution in [1.29, 1.82) is 0 Å². The third-order valence-corrected chi connectivity index (χ3v) is 1.83. The molecule has 1 aliphatic carbocycles. The van der Waals surface area contributed by atoms with Crippen molar-refractivity contribution in [3.63, 3.8) is 0 Å². The third kappa shape index (κ3) is 0.983. The molecule has 78 valence electrons. The number of alkyl halides is 6. The largest absolute Gasteiger partial charge is 0.377 e. The molecule has 1 aliphatic rings. The smallest absolute Gasteiger partial charge is 0.361 e. The van der Waals surface area contributed by atoms with Crippen molar-refractivity contribution in [2.45, 2.75) is 30.0 Å². The van der Waals surface area contributed by atoms with Gasteiger partial charge in [-0.1, -0.05) is 0 Å². The molecule has 8 heteroatoms. The van der Waals surface area contributed by atoms with E-state index in [1.165, 1.54) is 0 Å². The van der Waals surface area contributed by atoms with Crippen LogP contribution in [0.2, 0.25) is 0 Å². The van der Waals surface area contributed by atoms with E-state index in [2.05, 4.69) is 0 Å². The molecule has 13 heavy (non-hydrogen) atoms. The molecule has 0 aliphatic heterocycles. The normalized spacial score (nSPS) is 33.2. The van der Waals surface area contributed by atoms with Crippen molar-refractivity contribution < 1.29 is 36.6 Å². The minimum absolute atomic E-state index is 2.39. The molecule has 0 aromatic rings. The highest BCUT2D eigenvalue weighted by Gasteiger charge is 2.86. The van der Waals surface area contributed by atoms with Crippen LogP contribution in [0, 0.1) is 0 Å². The molecule has 0 radical (unpaired) electrons. The van der Waals surface area contributed by atoms with Gasteiger partial charge < -0.3 is 10.2 Å². The van der Waals surface area contributed by atoms with E-state index in [9.17, 15) is 26.3 Å². The molecule has 2 nitrogen and oxygen atoms in total. The topological polar surface area (TPSA) is 40.5 Å². The Balaban J connectivity index is 3.24. The van der Waals surface area contributed by atoms with Gasteiger partial charge in [0.15, 0.2) is 0 Å². The molecule has 0 amide bonds. The van der Waals surface area contributed by atoms with Gasteiger partial charge in [-0.15, -0.1) is 0 Å². The third-order valence-electron chi connectivity index (χ3n) is 1.83. The van der Waals surface area contributed by atoms with Gasteiger partial charge in [-0.05, 0) is 0 Å². The molecule has 0 heterocycles. The number of aliphatic hydroxyl groups is 2. The summed E-state index contributed by atoms with van der Waals surface area (Å²) in [6.07, 6.45) is -2.39. The van der Waals surface area contributed by atoms with E-state index in [1.807, 2.05) is 0 Å². The highest BCUT2D eigenvalue weighted by Crippen LogP contribution is 2.59. The summed E-state index contributed by atoms with van der Waals surface area (Å²) in [4.78, 5) is 0. The molecule has 0 unspecified atom stereocenters. The number of rotatable bonds is 0. The fourth-order valence-corrected chi connectivity index (χ4v) is 1.01. The summed E-state index contributed by atoms with van der Waals surface area (Å²) in [7, 11) is 0. The first-order valence-electron chi connectivity index (χ1n) is 3.04. The highest BCUT2D eigenvalue weighted by atomic mass is 19.3. The Labute approximate surface area is 67.8 Å². The summed E-state index contributed by atoms with van der Waals surface area (Å²) in [6, 6.07) is 0. The first-order chi connectivity index (χ1) is 5.46. The van der Waals surface area contributed by atoms with Crippen LogP contribution in [0.1, 0.15) is 6.42 Å². The number of hydrogen-bond acceptors (Lipinski definition) is 2. The van der Waals surface area contributed by atoms with E-state index in [0.717, 1.165) is 0 Å². The molecule has 1 fully saturated rings. The highest BCUT2D eigenvalue weighted by molar-refractivity contribution is 5.12. The van der Waals surface area contributed by atoms with E-state index in [-0.39, 0.29) is 0 Å². The van der Waals surface area contributed by atoms with Crippen molar-refractivity contribution in [1.82, 2.24) is 0 Å². The van der Waals surface area contributed by atoms with Crippen molar-refractivity contribution in [2.75, 3.05) is 0 Å².